The van der Waals surface area contributed by atoms with Gasteiger partial charge >= 0.3 is 0 Å². The Bertz CT molecular complexity index is 453. The maximum atomic E-state index is 10.9. The topological polar surface area (TPSA) is 64.4 Å². The van der Waals surface area contributed by atoms with E-state index in [1.54, 1.807) is 12.1 Å². The Balaban J connectivity index is 2.06. The quantitative estimate of drug-likeness (QED) is 0.674. The molecule has 1 fully saturated rings. The van der Waals surface area contributed by atoms with E-state index in [0.29, 0.717) is 23.2 Å². The molecule has 6 heteroatoms. The third-order valence-corrected chi connectivity index (χ3v) is 3.48. The van der Waals surface area contributed by atoms with E-state index >= 15 is 0 Å². The van der Waals surface area contributed by atoms with Crippen LogP contribution in [0, 0.1) is 16.0 Å². The summed E-state index contributed by atoms with van der Waals surface area (Å²) in [5, 5.41) is 14.4. The summed E-state index contributed by atoms with van der Waals surface area (Å²) >= 11 is 5.76. The molecule has 0 spiro atoms. The molecule has 0 radical (unpaired) electrons. The molecule has 0 bridgehead atoms. The van der Waals surface area contributed by atoms with Gasteiger partial charge in [0.15, 0.2) is 0 Å². The van der Waals surface area contributed by atoms with E-state index in [1.807, 2.05) is 6.92 Å². The largest absolute Gasteiger partial charge is 0.379 e. The Hall–Kier alpha value is -1.33. The molecule has 2 atom stereocenters. The highest BCUT2D eigenvalue weighted by molar-refractivity contribution is 6.30. The van der Waals surface area contributed by atoms with Crippen LogP contribution in [-0.2, 0) is 4.74 Å². The first-order chi connectivity index (χ1) is 8.58. The van der Waals surface area contributed by atoms with Gasteiger partial charge in [0, 0.05) is 30.2 Å². The van der Waals surface area contributed by atoms with Crippen molar-refractivity contribution in [3.05, 3.63) is 33.3 Å². The van der Waals surface area contributed by atoms with Crippen LogP contribution in [0.5, 0.6) is 0 Å². The third kappa shape index (κ3) is 2.91. The van der Waals surface area contributed by atoms with Gasteiger partial charge in [-0.15, -0.1) is 0 Å². The van der Waals surface area contributed by atoms with Crippen molar-refractivity contribution in [2.45, 2.75) is 19.4 Å². The predicted molar refractivity (Wildman–Crippen MR) is 70.1 cm³/mol. The Labute approximate surface area is 110 Å². The van der Waals surface area contributed by atoms with Gasteiger partial charge in [-0.05, 0) is 25.5 Å². The second-order valence-electron chi connectivity index (χ2n) is 4.42. The van der Waals surface area contributed by atoms with Gasteiger partial charge in [-0.3, -0.25) is 10.1 Å². The van der Waals surface area contributed by atoms with Crippen molar-refractivity contribution in [1.82, 2.24) is 0 Å². The Morgan fingerprint density at radius 2 is 2.39 bits per heavy atom. The number of hydrogen-bond donors (Lipinski definition) is 1. The van der Waals surface area contributed by atoms with Crippen LogP contribution in [0.25, 0.3) is 0 Å². The van der Waals surface area contributed by atoms with Gasteiger partial charge < -0.3 is 10.1 Å². The number of benzene rings is 1. The fraction of sp³-hybridized carbons (Fsp3) is 0.500. The minimum absolute atomic E-state index is 0.00840. The molecule has 2 unspecified atom stereocenters. The molecule has 0 saturated carbocycles. The van der Waals surface area contributed by atoms with Gasteiger partial charge in [0.1, 0.15) is 5.69 Å². The van der Waals surface area contributed by atoms with Gasteiger partial charge in [-0.2, -0.15) is 0 Å². The van der Waals surface area contributed by atoms with Crippen molar-refractivity contribution < 1.29 is 9.66 Å². The average Bonchev–Trinajstić information content (AvgIpc) is 2.73. The Kier molecular flexibility index (Phi) is 4.04. The summed E-state index contributed by atoms with van der Waals surface area (Å²) in [5.74, 6) is 0.389. The van der Waals surface area contributed by atoms with Crippen LogP contribution in [0.3, 0.4) is 0 Å². The molecule has 18 heavy (non-hydrogen) atoms. The van der Waals surface area contributed by atoms with Gasteiger partial charge in [-0.1, -0.05) is 11.6 Å². The van der Waals surface area contributed by atoms with Crippen LogP contribution in [0.1, 0.15) is 13.3 Å². The second kappa shape index (κ2) is 5.54. The van der Waals surface area contributed by atoms with Crippen LogP contribution >= 0.6 is 11.6 Å². The molecule has 1 saturated heterocycles. The van der Waals surface area contributed by atoms with Crippen molar-refractivity contribution in [3.8, 4) is 0 Å². The first-order valence-corrected chi connectivity index (χ1v) is 6.25. The van der Waals surface area contributed by atoms with Crippen molar-refractivity contribution in [2.24, 2.45) is 5.92 Å². The molecule has 1 heterocycles. The lowest BCUT2D eigenvalue weighted by molar-refractivity contribution is -0.383. The number of nitro benzene ring substituents is 1. The Morgan fingerprint density at radius 3 is 3.00 bits per heavy atom. The van der Waals surface area contributed by atoms with Gasteiger partial charge in [-0.25, -0.2) is 0 Å². The Morgan fingerprint density at radius 1 is 1.61 bits per heavy atom. The number of ether oxygens (including phenoxy) is 1. The first-order valence-electron chi connectivity index (χ1n) is 5.87. The van der Waals surface area contributed by atoms with Crippen LogP contribution < -0.4 is 5.32 Å². The van der Waals surface area contributed by atoms with E-state index in [-0.39, 0.29) is 11.8 Å². The summed E-state index contributed by atoms with van der Waals surface area (Å²) in [4.78, 5) is 10.5. The lowest BCUT2D eigenvalue weighted by atomic mass is 10.0. The summed E-state index contributed by atoms with van der Waals surface area (Å²) in [5.41, 5.74) is 0.512. The van der Waals surface area contributed by atoms with Crippen molar-refractivity contribution in [2.75, 3.05) is 18.5 Å². The number of rotatable bonds is 4. The molecule has 0 amide bonds. The number of anilines is 1. The zero-order chi connectivity index (χ0) is 13.1. The molecule has 2 rings (SSSR count). The average molecular weight is 271 g/mol. The summed E-state index contributed by atoms with van der Waals surface area (Å²) in [7, 11) is 0. The standard InChI is InChI=1S/C12H15ClN2O3/c1-8-9(4-5-18-8)7-14-11-3-2-10(13)6-12(11)15(16)17/h2-3,6,8-9,14H,4-5,7H2,1H3. The van der Waals surface area contributed by atoms with Crippen molar-refractivity contribution >= 4 is 23.0 Å². The number of nitro groups is 1. The zero-order valence-electron chi connectivity index (χ0n) is 10.1. The van der Waals surface area contributed by atoms with Crippen molar-refractivity contribution in [1.29, 1.82) is 0 Å². The van der Waals surface area contributed by atoms with E-state index in [0.717, 1.165) is 13.0 Å². The van der Waals surface area contributed by atoms with E-state index < -0.39 is 4.92 Å². The first kappa shape index (κ1) is 13.1. The monoisotopic (exact) mass is 270 g/mol. The van der Waals surface area contributed by atoms with E-state index in [1.165, 1.54) is 6.07 Å². The molecular weight excluding hydrogens is 256 g/mol. The van der Waals surface area contributed by atoms with Gasteiger partial charge in [0.25, 0.3) is 5.69 Å². The molecule has 1 aromatic carbocycles. The maximum Gasteiger partial charge on any atom is 0.293 e. The van der Waals surface area contributed by atoms with Crippen LogP contribution in [0.4, 0.5) is 11.4 Å². The SMILES string of the molecule is CC1OCCC1CNc1ccc(Cl)cc1[N+](=O)[O-]. The normalized spacial score (nSPS) is 23.0. The fourth-order valence-electron chi connectivity index (χ4n) is 2.09. The predicted octanol–water partition coefficient (Wildman–Crippen LogP) is 3.09. The summed E-state index contributed by atoms with van der Waals surface area (Å²) in [6.07, 6.45) is 1.18. The molecule has 98 valence electrons. The third-order valence-electron chi connectivity index (χ3n) is 3.24. The minimum Gasteiger partial charge on any atom is -0.379 e. The summed E-state index contributed by atoms with van der Waals surface area (Å²) in [6, 6.07) is 4.64. The second-order valence-corrected chi connectivity index (χ2v) is 4.86. The van der Waals surface area contributed by atoms with Gasteiger partial charge in [0.2, 0.25) is 0 Å². The fourth-order valence-corrected chi connectivity index (χ4v) is 2.26. The highest BCUT2D eigenvalue weighted by Gasteiger charge is 2.24. The molecule has 1 N–H and O–H groups in total. The van der Waals surface area contributed by atoms with E-state index in [9.17, 15) is 10.1 Å². The maximum absolute atomic E-state index is 10.9. The molecule has 1 aliphatic heterocycles. The van der Waals surface area contributed by atoms with Crippen molar-refractivity contribution in [3.63, 3.8) is 0 Å². The molecule has 1 aliphatic rings. The van der Waals surface area contributed by atoms with E-state index in [4.69, 9.17) is 16.3 Å². The minimum atomic E-state index is -0.428. The molecule has 0 aliphatic carbocycles. The van der Waals surface area contributed by atoms with Crippen LogP contribution in [-0.4, -0.2) is 24.2 Å². The highest BCUT2D eigenvalue weighted by atomic mass is 35.5. The molecule has 5 nitrogen and oxygen atoms in total. The molecular formula is C12H15ClN2O3. The summed E-state index contributed by atoms with van der Waals surface area (Å²) in [6.45, 7) is 3.45. The van der Waals surface area contributed by atoms with Crippen LogP contribution in [0.15, 0.2) is 18.2 Å². The number of nitrogens with one attached hydrogen (secondary N) is 1. The zero-order valence-corrected chi connectivity index (χ0v) is 10.8. The number of nitrogens with zero attached hydrogens (tertiary/aromatic N) is 1. The van der Waals surface area contributed by atoms with Gasteiger partial charge in [0.05, 0.1) is 11.0 Å². The van der Waals surface area contributed by atoms with Crippen LogP contribution in [0.2, 0.25) is 5.02 Å². The molecule has 0 aromatic heterocycles. The number of hydrogen-bond acceptors (Lipinski definition) is 4. The number of halogens is 1. The van der Waals surface area contributed by atoms with E-state index in [2.05, 4.69) is 5.32 Å². The smallest absolute Gasteiger partial charge is 0.293 e. The molecule has 1 aromatic rings. The lowest BCUT2D eigenvalue weighted by Gasteiger charge is -2.15. The summed E-state index contributed by atoms with van der Waals surface area (Å²) < 4.78 is 5.46. The lowest BCUT2D eigenvalue weighted by Crippen LogP contribution is -2.21. The highest BCUT2D eigenvalue weighted by Crippen LogP contribution is 2.29.